The van der Waals surface area contributed by atoms with Gasteiger partial charge in [-0.2, -0.15) is 16.3 Å². The second kappa shape index (κ2) is 6.45. The van der Waals surface area contributed by atoms with Crippen LogP contribution < -0.4 is 10.6 Å². The Kier molecular flexibility index (Phi) is 4.00. The zero-order valence-corrected chi connectivity index (χ0v) is 13.7. The van der Waals surface area contributed by atoms with Crippen LogP contribution in [0.5, 0.6) is 0 Å². The minimum Gasteiger partial charge on any atom is -0.337 e. The summed E-state index contributed by atoms with van der Waals surface area (Å²) in [5, 5.41) is 13.6. The van der Waals surface area contributed by atoms with Gasteiger partial charge in [0.25, 0.3) is 0 Å². The van der Waals surface area contributed by atoms with E-state index in [1.807, 2.05) is 29.6 Å². The summed E-state index contributed by atoms with van der Waals surface area (Å²) in [6, 6.07) is 9.48. The van der Waals surface area contributed by atoms with Gasteiger partial charge in [0, 0.05) is 11.6 Å². The molecule has 0 radical (unpaired) electrons. The first-order valence-corrected chi connectivity index (χ1v) is 8.72. The van der Waals surface area contributed by atoms with E-state index in [4.69, 9.17) is 4.52 Å². The number of nitrogens with zero attached hydrogens (tertiary/aromatic N) is 2. The number of rotatable bonds is 5. The van der Waals surface area contributed by atoms with E-state index in [1.165, 1.54) is 0 Å². The van der Waals surface area contributed by atoms with Crippen LogP contribution >= 0.6 is 11.3 Å². The number of benzene rings is 1. The minimum atomic E-state index is -0.302. The third-order valence-electron chi connectivity index (χ3n) is 3.80. The molecular weight excluding hydrogens is 324 g/mol. The second-order valence-corrected chi connectivity index (χ2v) is 6.50. The molecule has 2 aromatic heterocycles. The molecule has 1 aliphatic rings. The summed E-state index contributed by atoms with van der Waals surface area (Å²) in [5.74, 6) is 1.62. The molecule has 2 N–H and O–H groups in total. The van der Waals surface area contributed by atoms with Crippen LogP contribution in [0.1, 0.15) is 30.5 Å². The average Bonchev–Trinajstić information content (AvgIpc) is 3.11. The lowest BCUT2D eigenvalue weighted by Gasteiger charge is -2.07. The molecule has 24 heavy (non-hydrogen) atoms. The molecule has 1 saturated carbocycles. The van der Waals surface area contributed by atoms with Crippen molar-refractivity contribution in [1.82, 2.24) is 15.5 Å². The fourth-order valence-corrected chi connectivity index (χ4v) is 3.05. The molecule has 1 aliphatic carbocycles. The van der Waals surface area contributed by atoms with Crippen molar-refractivity contribution in [1.29, 1.82) is 0 Å². The number of urea groups is 1. The quantitative estimate of drug-likeness (QED) is 0.736. The number of thiophene rings is 1. The highest BCUT2D eigenvalue weighted by atomic mass is 32.1. The van der Waals surface area contributed by atoms with Gasteiger partial charge >= 0.3 is 6.03 Å². The van der Waals surface area contributed by atoms with Gasteiger partial charge in [0.2, 0.25) is 5.89 Å². The van der Waals surface area contributed by atoms with Crippen molar-refractivity contribution in [3.05, 3.63) is 52.8 Å². The van der Waals surface area contributed by atoms with Crippen molar-refractivity contribution in [3.8, 4) is 11.1 Å². The predicted octanol–water partition coefficient (Wildman–Crippen LogP) is 4.00. The van der Waals surface area contributed by atoms with Crippen molar-refractivity contribution in [2.45, 2.75) is 25.3 Å². The normalized spacial score (nSPS) is 13.7. The number of anilines is 1. The number of amides is 2. The van der Waals surface area contributed by atoms with Gasteiger partial charge in [0.15, 0.2) is 5.82 Å². The highest BCUT2D eigenvalue weighted by Crippen LogP contribution is 2.38. The van der Waals surface area contributed by atoms with E-state index in [-0.39, 0.29) is 12.6 Å². The zero-order valence-electron chi connectivity index (χ0n) is 12.9. The first-order valence-electron chi connectivity index (χ1n) is 7.78. The third-order valence-corrected chi connectivity index (χ3v) is 4.48. The lowest BCUT2D eigenvalue weighted by molar-refractivity contribution is 0.249. The minimum absolute atomic E-state index is 0.218. The van der Waals surface area contributed by atoms with Crippen molar-refractivity contribution in [3.63, 3.8) is 0 Å². The van der Waals surface area contributed by atoms with Gasteiger partial charge in [-0.15, -0.1) is 0 Å². The Hall–Kier alpha value is -2.67. The maximum atomic E-state index is 12.0. The first-order chi connectivity index (χ1) is 11.8. The second-order valence-electron chi connectivity index (χ2n) is 5.72. The number of nitrogens with one attached hydrogen (secondary N) is 2. The van der Waals surface area contributed by atoms with Gasteiger partial charge in [-0.3, -0.25) is 0 Å². The molecule has 0 aliphatic heterocycles. The number of hydrogen-bond donors (Lipinski definition) is 2. The van der Waals surface area contributed by atoms with Crippen LogP contribution in [0.4, 0.5) is 10.5 Å². The number of carbonyl (C=O) groups excluding carboxylic acids is 1. The van der Waals surface area contributed by atoms with Gasteiger partial charge in [0.1, 0.15) is 0 Å². The van der Waals surface area contributed by atoms with E-state index in [2.05, 4.69) is 32.2 Å². The smallest absolute Gasteiger partial charge is 0.319 e. The molecule has 0 atom stereocenters. The summed E-state index contributed by atoms with van der Waals surface area (Å²) in [6.07, 6.45) is 2.24. The number of carbonyl (C=O) groups is 1. The Balaban J connectivity index is 1.34. The molecule has 2 heterocycles. The summed E-state index contributed by atoms with van der Waals surface area (Å²) < 4.78 is 5.13. The molecule has 6 nitrogen and oxygen atoms in total. The van der Waals surface area contributed by atoms with E-state index in [9.17, 15) is 4.79 Å². The van der Waals surface area contributed by atoms with Gasteiger partial charge in [0.05, 0.1) is 6.54 Å². The summed E-state index contributed by atoms with van der Waals surface area (Å²) >= 11 is 1.65. The van der Waals surface area contributed by atoms with Crippen LogP contribution in [0.15, 0.2) is 45.6 Å². The predicted molar refractivity (Wildman–Crippen MR) is 91.9 cm³/mol. The van der Waals surface area contributed by atoms with E-state index in [0.717, 1.165) is 35.5 Å². The molecule has 4 rings (SSSR count). The van der Waals surface area contributed by atoms with Gasteiger partial charge in [-0.05, 0) is 52.9 Å². The van der Waals surface area contributed by atoms with Crippen LogP contribution in [-0.4, -0.2) is 16.2 Å². The molecule has 0 spiro atoms. The Morgan fingerprint density at radius 1 is 1.29 bits per heavy atom. The molecule has 1 fully saturated rings. The maximum absolute atomic E-state index is 12.0. The lowest BCUT2D eigenvalue weighted by Crippen LogP contribution is -2.28. The summed E-state index contributed by atoms with van der Waals surface area (Å²) in [6.45, 7) is 0.218. The summed E-state index contributed by atoms with van der Waals surface area (Å²) in [5.41, 5.74) is 2.95. The van der Waals surface area contributed by atoms with Crippen LogP contribution in [0.2, 0.25) is 0 Å². The fourth-order valence-electron chi connectivity index (χ4n) is 2.38. The summed E-state index contributed by atoms with van der Waals surface area (Å²) in [7, 11) is 0. The maximum Gasteiger partial charge on any atom is 0.319 e. The van der Waals surface area contributed by atoms with Crippen LogP contribution in [0.25, 0.3) is 11.1 Å². The zero-order chi connectivity index (χ0) is 16.4. The molecule has 0 bridgehead atoms. The van der Waals surface area contributed by atoms with E-state index < -0.39 is 0 Å². The Labute approximate surface area is 142 Å². The van der Waals surface area contributed by atoms with E-state index in [1.54, 1.807) is 11.3 Å². The highest BCUT2D eigenvalue weighted by Gasteiger charge is 2.28. The van der Waals surface area contributed by atoms with Crippen molar-refractivity contribution in [2.75, 3.05) is 5.32 Å². The SMILES string of the molecule is O=C(NCc1nc(C2CC2)no1)Nc1cccc(-c2ccsc2)c1. The monoisotopic (exact) mass is 340 g/mol. The summed E-state index contributed by atoms with van der Waals surface area (Å²) in [4.78, 5) is 16.3. The van der Waals surface area contributed by atoms with Gasteiger partial charge in [-0.25, -0.2) is 4.79 Å². The lowest BCUT2D eigenvalue weighted by atomic mass is 10.1. The molecule has 2 amide bonds. The molecule has 122 valence electrons. The van der Waals surface area contributed by atoms with Crippen molar-refractivity contribution < 1.29 is 9.32 Å². The van der Waals surface area contributed by atoms with Crippen LogP contribution in [0, 0.1) is 0 Å². The molecule has 0 unspecified atom stereocenters. The fraction of sp³-hybridized carbons (Fsp3) is 0.235. The first kappa shape index (κ1) is 14.9. The Bertz CT molecular complexity index is 840. The van der Waals surface area contributed by atoms with E-state index in [0.29, 0.717) is 11.8 Å². The third kappa shape index (κ3) is 3.46. The molecule has 0 saturated heterocycles. The average molecular weight is 340 g/mol. The molecular formula is C17H16N4O2S. The standard InChI is InChI=1S/C17H16N4O2S/c22-17(18-9-15-20-16(21-23-15)11-4-5-11)19-14-3-1-2-12(8-14)13-6-7-24-10-13/h1-3,6-8,10-11H,4-5,9H2,(H2,18,19,22). The molecule has 3 aromatic rings. The van der Waals surface area contributed by atoms with Crippen LogP contribution in [-0.2, 0) is 6.54 Å². The number of aromatic nitrogens is 2. The highest BCUT2D eigenvalue weighted by molar-refractivity contribution is 7.08. The van der Waals surface area contributed by atoms with Crippen molar-refractivity contribution in [2.24, 2.45) is 0 Å². The topological polar surface area (TPSA) is 80.1 Å². The van der Waals surface area contributed by atoms with Crippen molar-refractivity contribution >= 4 is 23.1 Å². The van der Waals surface area contributed by atoms with Crippen LogP contribution in [0.3, 0.4) is 0 Å². The molecule has 1 aromatic carbocycles. The van der Waals surface area contributed by atoms with E-state index >= 15 is 0 Å². The van der Waals surface area contributed by atoms with Gasteiger partial charge in [-0.1, -0.05) is 17.3 Å². The number of hydrogen-bond acceptors (Lipinski definition) is 5. The van der Waals surface area contributed by atoms with Gasteiger partial charge < -0.3 is 15.2 Å². The molecule has 7 heteroatoms. The Morgan fingerprint density at radius 3 is 3.00 bits per heavy atom. The largest absolute Gasteiger partial charge is 0.337 e. The Morgan fingerprint density at radius 2 is 2.21 bits per heavy atom.